The normalized spacial score (nSPS) is 11.5. The summed E-state index contributed by atoms with van der Waals surface area (Å²) in [5, 5.41) is 9.04. The monoisotopic (exact) mass is 676 g/mol. The van der Waals surface area contributed by atoms with E-state index in [1.807, 2.05) is 79.0 Å². The summed E-state index contributed by atoms with van der Waals surface area (Å²) in [4.78, 5) is 14.9. The van der Waals surface area contributed by atoms with Crippen LogP contribution in [0.5, 0.6) is 11.5 Å². The Morgan fingerprint density at radius 3 is 1.94 bits per heavy atom. The first-order chi connectivity index (χ1) is 23.1. The molecule has 248 valence electrons. The molecular weight excluding hydrogens is 645 g/mol. The van der Waals surface area contributed by atoms with E-state index in [1.165, 1.54) is 12.1 Å². The van der Waals surface area contributed by atoms with Crippen LogP contribution in [0.3, 0.4) is 0 Å². The van der Waals surface area contributed by atoms with E-state index >= 15 is 0 Å². The Bertz CT molecular complexity index is 1820. The van der Waals surface area contributed by atoms with Crippen LogP contribution in [0.2, 0.25) is 5.02 Å². The molecule has 0 saturated carbocycles. The van der Waals surface area contributed by atoms with Gasteiger partial charge in [-0.3, -0.25) is 0 Å². The van der Waals surface area contributed by atoms with E-state index < -0.39 is 12.3 Å². The van der Waals surface area contributed by atoms with E-state index in [2.05, 4.69) is 19.9 Å². The highest BCUT2D eigenvalue weighted by Crippen LogP contribution is 2.27. The molecule has 4 aromatic carbocycles. The largest absolute Gasteiger partial charge is 0.573 e. The lowest BCUT2D eigenvalue weighted by Gasteiger charge is -2.21. The molecule has 0 aliphatic rings. The van der Waals surface area contributed by atoms with Crippen molar-refractivity contribution in [2.75, 3.05) is 13.7 Å². The van der Waals surface area contributed by atoms with E-state index in [9.17, 15) is 18.0 Å². The molecule has 0 fully saturated rings. The molecule has 0 N–H and O–H groups in total. The summed E-state index contributed by atoms with van der Waals surface area (Å²) in [6, 6.07) is 28.5. The summed E-state index contributed by atoms with van der Waals surface area (Å²) < 4.78 is 53.8. The van der Waals surface area contributed by atoms with Gasteiger partial charge in [0.2, 0.25) is 0 Å². The Morgan fingerprint density at radius 1 is 0.833 bits per heavy atom. The van der Waals surface area contributed by atoms with Crippen LogP contribution in [0, 0.1) is 0 Å². The maximum atomic E-state index is 12.8. The highest BCUT2D eigenvalue weighted by molar-refractivity contribution is 6.30. The number of methoxy groups -OCH3 is 1. The number of hydrogen-bond donors (Lipinski definition) is 0. The van der Waals surface area contributed by atoms with Crippen LogP contribution in [-0.4, -0.2) is 45.9 Å². The van der Waals surface area contributed by atoms with E-state index in [0.717, 1.165) is 33.6 Å². The first-order valence-electron chi connectivity index (χ1n) is 15.0. The van der Waals surface area contributed by atoms with Gasteiger partial charge >= 0.3 is 12.3 Å². The zero-order chi connectivity index (χ0) is 34.1. The number of esters is 1. The van der Waals surface area contributed by atoms with Gasteiger partial charge in [-0.15, -0.1) is 18.3 Å². The average Bonchev–Trinajstić information content (AvgIpc) is 3.47. The highest BCUT2D eigenvalue weighted by Gasteiger charge is 2.31. The molecule has 12 heteroatoms. The molecule has 0 aliphatic carbocycles. The molecule has 5 aromatic rings. The number of nitrogens with zero attached hydrogens (tertiary/aromatic N) is 4. The fourth-order valence-electron chi connectivity index (χ4n) is 4.90. The number of ether oxygens (including phenoxy) is 3. The van der Waals surface area contributed by atoms with Crippen molar-refractivity contribution in [1.82, 2.24) is 19.9 Å². The summed E-state index contributed by atoms with van der Waals surface area (Å²) in [6.45, 7) is 3.29. The number of carbonyl (C=O) groups excluding carboxylic acids is 1. The second-order valence-corrected chi connectivity index (χ2v) is 11.1. The molecule has 1 aromatic heterocycles. The number of hydrogen-bond acceptors (Lipinski definition) is 7. The van der Waals surface area contributed by atoms with Crippen LogP contribution in [0.25, 0.3) is 17.2 Å². The summed E-state index contributed by atoms with van der Waals surface area (Å²) >= 11 is 6.13. The molecule has 0 saturated heterocycles. The third-order valence-electron chi connectivity index (χ3n) is 7.24. The van der Waals surface area contributed by atoms with Gasteiger partial charge in [0.15, 0.2) is 5.69 Å². The van der Waals surface area contributed by atoms with Gasteiger partial charge in [-0.25, -0.2) is 9.48 Å². The molecule has 5 rings (SSSR count). The molecule has 0 aliphatic heterocycles. The van der Waals surface area contributed by atoms with E-state index in [4.69, 9.17) is 21.1 Å². The first kappa shape index (κ1) is 34.1. The third-order valence-corrected chi connectivity index (χ3v) is 7.49. The van der Waals surface area contributed by atoms with Gasteiger partial charge in [0.25, 0.3) is 0 Å². The van der Waals surface area contributed by atoms with Gasteiger partial charge in [0.05, 0.1) is 26.0 Å². The highest BCUT2D eigenvalue weighted by atomic mass is 35.5. The number of benzene rings is 4. The van der Waals surface area contributed by atoms with Crippen molar-refractivity contribution in [3.63, 3.8) is 0 Å². The number of alkyl halides is 3. The van der Waals surface area contributed by atoms with Gasteiger partial charge in [-0.1, -0.05) is 77.5 Å². The molecule has 0 unspecified atom stereocenters. The Balaban J connectivity index is 1.40. The maximum Gasteiger partial charge on any atom is 0.573 e. The van der Waals surface area contributed by atoms with E-state index in [1.54, 1.807) is 36.9 Å². The van der Waals surface area contributed by atoms with Crippen LogP contribution < -0.4 is 9.47 Å². The molecule has 0 radical (unpaired) electrons. The summed E-state index contributed by atoms with van der Waals surface area (Å²) in [7, 11) is 1.60. The van der Waals surface area contributed by atoms with Crippen LogP contribution in [0.4, 0.5) is 13.2 Å². The molecular formula is C36H32ClF3N4O4. The van der Waals surface area contributed by atoms with Crippen molar-refractivity contribution in [2.45, 2.75) is 32.9 Å². The summed E-state index contributed by atoms with van der Waals surface area (Å²) in [5.74, 6) is -0.126. The van der Waals surface area contributed by atoms with Crippen molar-refractivity contribution in [2.24, 2.45) is 0 Å². The minimum Gasteiger partial charge on any atom is -0.497 e. The predicted molar refractivity (Wildman–Crippen MR) is 176 cm³/mol. The topological polar surface area (TPSA) is 78.7 Å². The molecule has 48 heavy (non-hydrogen) atoms. The van der Waals surface area contributed by atoms with Gasteiger partial charge in [-0.2, -0.15) is 0 Å². The number of aromatic nitrogens is 3. The lowest BCUT2D eigenvalue weighted by molar-refractivity contribution is -0.274. The van der Waals surface area contributed by atoms with Crippen molar-refractivity contribution in [3.8, 4) is 22.6 Å². The molecule has 0 amide bonds. The quantitative estimate of drug-likeness (QED) is 0.116. The zero-order valence-electron chi connectivity index (χ0n) is 26.2. The third kappa shape index (κ3) is 9.38. The predicted octanol–water partition coefficient (Wildman–Crippen LogP) is 8.40. The lowest BCUT2D eigenvalue weighted by atomic mass is 10.0. The molecule has 0 bridgehead atoms. The van der Waals surface area contributed by atoms with Crippen LogP contribution >= 0.6 is 11.6 Å². The zero-order valence-corrected chi connectivity index (χ0v) is 26.9. The van der Waals surface area contributed by atoms with Crippen LogP contribution in [0.15, 0.2) is 103 Å². The Morgan fingerprint density at radius 2 is 1.38 bits per heavy atom. The minimum absolute atomic E-state index is 0.101. The molecule has 1 heterocycles. The Kier molecular flexibility index (Phi) is 11.0. The Labute approximate surface area is 280 Å². The second kappa shape index (κ2) is 15.5. The van der Waals surface area contributed by atoms with Crippen LogP contribution in [-0.2, 0) is 24.4 Å². The molecule has 8 nitrogen and oxygen atoms in total. The summed E-state index contributed by atoms with van der Waals surface area (Å²) in [6.07, 6.45) is -1.07. The van der Waals surface area contributed by atoms with Crippen molar-refractivity contribution >= 4 is 23.6 Å². The Hall–Kier alpha value is -5.29. The second-order valence-electron chi connectivity index (χ2n) is 10.7. The average molecular weight is 677 g/mol. The number of rotatable bonds is 13. The number of carbonyl (C=O) groups is 1. The lowest BCUT2D eigenvalue weighted by Crippen LogP contribution is -2.17. The van der Waals surface area contributed by atoms with Gasteiger partial charge in [0, 0.05) is 24.3 Å². The minimum atomic E-state index is -4.75. The van der Waals surface area contributed by atoms with Gasteiger partial charge < -0.3 is 19.1 Å². The van der Waals surface area contributed by atoms with Crippen molar-refractivity contribution < 1.29 is 32.2 Å². The maximum absolute atomic E-state index is 12.8. The SMILES string of the molecule is CCOC(=O)c1nnn(Cc2ccc(OC)cc2)c1/C=C/N(Cc1ccc(Cl)cc1)Cc1ccc(-c2ccc(OC(F)(F)F)cc2)cc1. The fourth-order valence-corrected chi connectivity index (χ4v) is 5.02. The van der Waals surface area contributed by atoms with E-state index in [-0.39, 0.29) is 18.1 Å². The molecule has 0 atom stereocenters. The van der Waals surface area contributed by atoms with E-state index in [0.29, 0.717) is 30.4 Å². The molecule has 0 spiro atoms. The van der Waals surface area contributed by atoms with Crippen LogP contribution in [0.1, 0.15) is 39.8 Å². The van der Waals surface area contributed by atoms with Crippen molar-refractivity contribution in [1.29, 1.82) is 0 Å². The van der Waals surface area contributed by atoms with Gasteiger partial charge in [0.1, 0.15) is 11.5 Å². The fraction of sp³-hybridized carbons (Fsp3) is 0.194. The smallest absolute Gasteiger partial charge is 0.497 e. The summed E-state index contributed by atoms with van der Waals surface area (Å²) in [5.41, 5.74) is 5.10. The van der Waals surface area contributed by atoms with Crippen molar-refractivity contribution in [3.05, 3.63) is 136 Å². The number of halogens is 4. The van der Waals surface area contributed by atoms with Gasteiger partial charge in [-0.05, 0) is 77.2 Å². The first-order valence-corrected chi connectivity index (χ1v) is 15.3. The standard InChI is InChI=1S/C36H32ClF3N4O4/c1-3-47-35(45)34-33(44(42-41-34)24-27-8-16-31(46-2)17-9-27)20-21-43(23-26-6-14-30(37)15-7-26)22-25-4-10-28(11-5-25)29-12-18-32(19-13-29)48-36(38,39)40/h4-21H,3,22-24H2,1-2H3/b21-20+.